The molecule has 1 aliphatic heterocycles. The zero-order valence-electron chi connectivity index (χ0n) is 22.5. The van der Waals surface area contributed by atoms with Crippen LogP contribution in [-0.2, 0) is 19.0 Å². The molecule has 39 heavy (non-hydrogen) atoms. The first kappa shape index (κ1) is 28.4. The second kappa shape index (κ2) is 14.6. The Kier molecular flexibility index (Phi) is 10.6. The minimum atomic E-state index is -0.544. The predicted molar refractivity (Wildman–Crippen MR) is 152 cm³/mol. The summed E-state index contributed by atoms with van der Waals surface area (Å²) in [6, 6.07) is 24.4. The first-order valence-corrected chi connectivity index (χ1v) is 13.4. The third-order valence-electron chi connectivity index (χ3n) is 6.79. The molecule has 0 radical (unpaired) electrons. The molecule has 0 aliphatic carbocycles. The molecule has 0 bridgehead atoms. The molecular weight excluding hydrogens is 494 g/mol. The molecule has 3 aromatic rings. The van der Waals surface area contributed by atoms with Crippen molar-refractivity contribution in [2.24, 2.45) is 5.73 Å². The Labute approximate surface area is 230 Å². The first-order chi connectivity index (χ1) is 19.1. The van der Waals surface area contributed by atoms with Crippen LogP contribution >= 0.6 is 0 Å². The van der Waals surface area contributed by atoms with Crippen LogP contribution in [0.15, 0.2) is 78.9 Å². The monoisotopic (exact) mass is 531 g/mol. The zero-order chi connectivity index (χ0) is 27.5. The average Bonchev–Trinajstić information content (AvgIpc) is 2.98. The van der Waals surface area contributed by atoms with E-state index in [9.17, 15) is 9.59 Å². The maximum Gasteiger partial charge on any atom is 0.248 e. The molecule has 3 aromatic carbocycles. The molecule has 8 heteroatoms. The van der Waals surface area contributed by atoms with Gasteiger partial charge in [-0.2, -0.15) is 0 Å². The van der Waals surface area contributed by atoms with Crippen LogP contribution in [0.25, 0.3) is 11.1 Å². The highest BCUT2D eigenvalue weighted by Gasteiger charge is 2.32. The average molecular weight is 532 g/mol. The summed E-state index contributed by atoms with van der Waals surface area (Å²) in [6.45, 7) is 4.10. The number of morpholine rings is 1. The molecule has 1 aliphatic rings. The molecule has 2 amide bonds. The number of hydrogen-bond acceptors (Lipinski definition) is 6. The lowest BCUT2D eigenvalue weighted by molar-refractivity contribution is -0.125. The summed E-state index contributed by atoms with van der Waals surface area (Å²) in [5.74, 6) is -0.635. The number of carbonyl (C=O) groups is 2. The Balaban J connectivity index is 1.65. The molecule has 0 aromatic heterocycles. The van der Waals surface area contributed by atoms with Crippen molar-refractivity contribution in [2.75, 3.05) is 58.1 Å². The van der Waals surface area contributed by atoms with Crippen molar-refractivity contribution >= 4 is 23.2 Å². The summed E-state index contributed by atoms with van der Waals surface area (Å²) in [5.41, 5.74) is 9.36. The van der Waals surface area contributed by atoms with Gasteiger partial charge in [0, 0.05) is 57.0 Å². The van der Waals surface area contributed by atoms with Crippen molar-refractivity contribution in [2.45, 2.75) is 18.9 Å². The SMILES string of the molecule is COCCCOCC[C@@H](C(=O)N(c1ccc(-c2ccccc2)cc1)c1cccc(C(N)=O)c1)N1CCOCC1. The number of ether oxygens (including phenoxy) is 3. The molecule has 8 nitrogen and oxygen atoms in total. The minimum Gasteiger partial charge on any atom is -0.385 e. The number of hydrogen-bond donors (Lipinski definition) is 1. The molecule has 4 rings (SSSR count). The number of methoxy groups -OCH3 is 1. The van der Waals surface area contributed by atoms with Crippen molar-refractivity contribution < 1.29 is 23.8 Å². The molecule has 1 saturated heterocycles. The largest absolute Gasteiger partial charge is 0.385 e. The third-order valence-corrected chi connectivity index (χ3v) is 6.79. The second-order valence-electron chi connectivity index (χ2n) is 9.41. The molecule has 206 valence electrons. The van der Waals surface area contributed by atoms with Gasteiger partial charge in [-0.3, -0.25) is 19.4 Å². The van der Waals surface area contributed by atoms with Gasteiger partial charge in [0.15, 0.2) is 0 Å². The summed E-state index contributed by atoms with van der Waals surface area (Å²) in [4.78, 5) is 30.2. The highest BCUT2D eigenvalue weighted by molar-refractivity contribution is 6.05. The van der Waals surface area contributed by atoms with E-state index >= 15 is 0 Å². The van der Waals surface area contributed by atoms with Gasteiger partial charge < -0.3 is 19.9 Å². The van der Waals surface area contributed by atoms with Gasteiger partial charge in [-0.1, -0.05) is 48.5 Å². The third kappa shape index (κ3) is 7.74. The summed E-state index contributed by atoms with van der Waals surface area (Å²) in [6.07, 6.45) is 1.33. The van der Waals surface area contributed by atoms with E-state index in [1.54, 1.807) is 30.2 Å². The summed E-state index contributed by atoms with van der Waals surface area (Å²) in [7, 11) is 1.67. The van der Waals surface area contributed by atoms with Gasteiger partial charge in [-0.15, -0.1) is 0 Å². The van der Waals surface area contributed by atoms with Crippen molar-refractivity contribution in [3.8, 4) is 11.1 Å². The Morgan fingerprint density at radius 2 is 1.62 bits per heavy atom. The van der Waals surface area contributed by atoms with E-state index < -0.39 is 11.9 Å². The number of benzene rings is 3. The van der Waals surface area contributed by atoms with Crippen LogP contribution in [0.1, 0.15) is 23.2 Å². The lowest BCUT2D eigenvalue weighted by Gasteiger charge is -2.37. The number of nitrogens with zero attached hydrogens (tertiary/aromatic N) is 2. The van der Waals surface area contributed by atoms with E-state index in [0.717, 1.165) is 17.5 Å². The lowest BCUT2D eigenvalue weighted by Crippen LogP contribution is -2.52. The van der Waals surface area contributed by atoms with E-state index in [-0.39, 0.29) is 5.91 Å². The fourth-order valence-electron chi connectivity index (χ4n) is 4.74. The van der Waals surface area contributed by atoms with Gasteiger partial charge in [0.2, 0.25) is 11.8 Å². The topological polar surface area (TPSA) is 94.3 Å². The Hall–Kier alpha value is -3.56. The molecule has 1 atom stereocenters. The molecule has 2 N–H and O–H groups in total. The highest BCUT2D eigenvalue weighted by Crippen LogP contribution is 2.31. The fraction of sp³-hybridized carbons (Fsp3) is 0.355. The van der Waals surface area contributed by atoms with E-state index in [0.29, 0.717) is 69.5 Å². The summed E-state index contributed by atoms with van der Waals surface area (Å²) < 4.78 is 16.5. The van der Waals surface area contributed by atoms with Gasteiger partial charge >= 0.3 is 0 Å². The fourth-order valence-corrected chi connectivity index (χ4v) is 4.74. The van der Waals surface area contributed by atoms with Crippen molar-refractivity contribution in [3.05, 3.63) is 84.4 Å². The molecule has 0 unspecified atom stereocenters. The van der Waals surface area contributed by atoms with Gasteiger partial charge in [-0.05, 0) is 54.3 Å². The van der Waals surface area contributed by atoms with Crippen molar-refractivity contribution in [1.82, 2.24) is 4.90 Å². The standard InChI is InChI=1S/C31H37N3O5/c1-37-18-6-19-38-20-15-29(33-16-21-39-22-17-33)31(36)34(28-10-5-9-26(23-28)30(32)35)27-13-11-25(12-14-27)24-7-3-2-4-8-24/h2-5,7-14,23,29H,6,15-22H2,1H3,(H2,32,35)/t29-/m0/s1. The predicted octanol–water partition coefficient (Wildman–Crippen LogP) is 4.26. The maximum atomic E-state index is 14.4. The van der Waals surface area contributed by atoms with Crippen molar-refractivity contribution in [1.29, 1.82) is 0 Å². The lowest BCUT2D eigenvalue weighted by atomic mass is 10.0. The second-order valence-corrected chi connectivity index (χ2v) is 9.41. The zero-order valence-corrected chi connectivity index (χ0v) is 22.5. The number of anilines is 2. The van der Waals surface area contributed by atoms with Gasteiger partial charge in [0.1, 0.15) is 0 Å². The summed E-state index contributed by atoms with van der Waals surface area (Å²) in [5, 5.41) is 0. The molecule has 0 saturated carbocycles. The number of amides is 2. The molecule has 1 heterocycles. The van der Waals surface area contributed by atoms with E-state index in [2.05, 4.69) is 17.0 Å². The maximum absolute atomic E-state index is 14.4. The Bertz CT molecular complexity index is 1200. The number of rotatable bonds is 13. The van der Waals surface area contributed by atoms with E-state index in [1.807, 2.05) is 48.5 Å². The summed E-state index contributed by atoms with van der Waals surface area (Å²) >= 11 is 0. The highest BCUT2D eigenvalue weighted by atomic mass is 16.5. The van der Waals surface area contributed by atoms with Crippen LogP contribution in [0.2, 0.25) is 0 Å². The quantitative estimate of drug-likeness (QED) is 0.331. The van der Waals surface area contributed by atoms with E-state index in [1.165, 1.54) is 0 Å². The minimum absolute atomic E-state index is 0.0912. The Morgan fingerprint density at radius 3 is 2.31 bits per heavy atom. The molecular formula is C31H37N3O5. The van der Waals surface area contributed by atoms with Crippen LogP contribution in [0.4, 0.5) is 11.4 Å². The van der Waals surface area contributed by atoms with Gasteiger partial charge in [-0.25, -0.2) is 0 Å². The number of nitrogens with two attached hydrogens (primary N) is 1. The normalized spacial score (nSPS) is 14.6. The van der Waals surface area contributed by atoms with Gasteiger partial charge in [0.05, 0.1) is 19.3 Å². The van der Waals surface area contributed by atoms with Crippen LogP contribution in [0.3, 0.4) is 0 Å². The van der Waals surface area contributed by atoms with Crippen LogP contribution in [0, 0.1) is 0 Å². The van der Waals surface area contributed by atoms with Crippen LogP contribution in [0.5, 0.6) is 0 Å². The van der Waals surface area contributed by atoms with Crippen LogP contribution in [-0.4, -0.2) is 76.0 Å². The van der Waals surface area contributed by atoms with Crippen molar-refractivity contribution in [3.63, 3.8) is 0 Å². The van der Waals surface area contributed by atoms with E-state index in [4.69, 9.17) is 19.9 Å². The molecule has 1 fully saturated rings. The number of carbonyl (C=O) groups excluding carboxylic acids is 2. The Morgan fingerprint density at radius 1 is 0.897 bits per heavy atom. The molecule has 0 spiro atoms. The van der Waals surface area contributed by atoms with Gasteiger partial charge in [0.25, 0.3) is 0 Å². The first-order valence-electron chi connectivity index (χ1n) is 13.4. The number of primary amides is 1. The smallest absolute Gasteiger partial charge is 0.248 e. The van der Waals surface area contributed by atoms with Crippen LogP contribution < -0.4 is 10.6 Å².